The van der Waals surface area contributed by atoms with Crippen LogP contribution >= 0.6 is 0 Å². The average Bonchev–Trinajstić information content (AvgIpc) is 2.69. The van der Waals surface area contributed by atoms with Crippen LogP contribution in [-0.2, 0) is 14.2 Å². The van der Waals surface area contributed by atoms with E-state index >= 15 is 0 Å². The minimum absolute atomic E-state index is 0.645. The summed E-state index contributed by atoms with van der Waals surface area (Å²) in [6, 6.07) is 0. The summed E-state index contributed by atoms with van der Waals surface area (Å²) >= 11 is 0. The van der Waals surface area contributed by atoms with Crippen molar-refractivity contribution < 1.29 is 29.2 Å². The molecule has 0 aromatic heterocycles. The van der Waals surface area contributed by atoms with Crippen LogP contribution in [0, 0.1) is 0 Å². The quantitative estimate of drug-likeness (QED) is 0.514. The molecule has 6 nitrogen and oxygen atoms in total. The van der Waals surface area contributed by atoms with Gasteiger partial charge in [-0.15, -0.1) is 0 Å². The van der Waals surface area contributed by atoms with Crippen LogP contribution in [0.2, 0.25) is 0 Å². The second-order valence-corrected chi connectivity index (χ2v) is 4.69. The molecule has 3 aliphatic rings. The van der Waals surface area contributed by atoms with Gasteiger partial charge in [-0.1, -0.05) is 0 Å². The number of carbonyl (C=O) groups is 1. The lowest BCUT2D eigenvalue weighted by Gasteiger charge is -2.34. The third kappa shape index (κ3) is 0.802. The van der Waals surface area contributed by atoms with Crippen molar-refractivity contribution in [2.24, 2.45) is 0 Å². The second-order valence-electron chi connectivity index (χ2n) is 4.69. The zero-order chi connectivity index (χ0) is 11.0. The molecule has 2 unspecified atom stereocenters. The van der Waals surface area contributed by atoms with Gasteiger partial charge in [-0.05, 0) is 13.8 Å². The Balaban J connectivity index is 2.08. The first-order valence-electron chi connectivity index (χ1n) is 4.83. The maximum atomic E-state index is 11.0. The number of rotatable bonds is 0. The Hall–Kier alpha value is -0.850. The van der Waals surface area contributed by atoms with Crippen molar-refractivity contribution in [2.75, 3.05) is 0 Å². The van der Waals surface area contributed by atoms with Crippen LogP contribution in [0.15, 0.2) is 0 Å². The minimum atomic E-state index is -1.08. The maximum Gasteiger partial charge on any atom is 0.509 e. The van der Waals surface area contributed by atoms with E-state index in [1.807, 2.05) is 0 Å². The molecule has 3 saturated heterocycles. The summed E-state index contributed by atoms with van der Waals surface area (Å²) in [5.41, 5.74) is -2.16. The number of hydrogen-bond acceptors (Lipinski definition) is 6. The zero-order valence-electron chi connectivity index (χ0n) is 8.34. The molecule has 6 heteroatoms. The van der Waals surface area contributed by atoms with Gasteiger partial charge in [0.05, 0.1) is 0 Å². The highest BCUT2D eigenvalue weighted by Crippen LogP contribution is 2.55. The molecule has 3 heterocycles. The van der Waals surface area contributed by atoms with Crippen LogP contribution in [0.3, 0.4) is 0 Å². The highest BCUT2D eigenvalue weighted by molar-refractivity contribution is 5.64. The number of aliphatic hydroxyl groups excluding tert-OH is 2. The van der Waals surface area contributed by atoms with Gasteiger partial charge in [0.25, 0.3) is 0 Å². The third-order valence-corrected chi connectivity index (χ3v) is 3.76. The fraction of sp³-hybridized carbons (Fsp3) is 0.889. The summed E-state index contributed by atoms with van der Waals surface area (Å²) < 4.78 is 15.5. The Kier molecular flexibility index (Phi) is 1.43. The van der Waals surface area contributed by atoms with Crippen LogP contribution < -0.4 is 0 Å². The van der Waals surface area contributed by atoms with Gasteiger partial charge in [-0.25, -0.2) is 4.79 Å². The molecule has 6 atom stereocenters. The lowest BCUT2D eigenvalue weighted by molar-refractivity contribution is -0.106. The number of carbonyl (C=O) groups excluding carboxylic acids is 1. The van der Waals surface area contributed by atoms with E-state index < -0.39 is 41.8 Å². The number of aliphatic hydroxyl groups is 2. The van der Waals surface area contributed by atoms with E-state index in [-0.39, 0.29) is 0 Å². The zero-order valence-corrected chi connectivity index (χ0v) is 8.34. The predicted octanol–water partition coefficient (Wildman–Crippen LogP) is -0.827. The second kappa shape index (κ2) is 2.28. The lowest BCUT2D eigenvalue weighted by Crippen LogP contribution is -2.60. The molecule has 0 aromatic carbocycles. The number of hydrogen-bond donors (Lipinski definition) is 2. The van der Waals surface area contributed by atoms with E-state index in [2.05, 4.69) is 0 Å². The predicted molar refractivity (Wildman–Crippen MR) is 45.1 cm³/mol. The van der Waals surface area contributed by atoms with E-state index in [1.54, 1.807) is 13.8 Å². The molecule has 0 aliphatic carbocycles. The fourth-order valence-electron chi connectivity index (χ4n) is 2.87. The Bertz CT molecular complexity index is 313. The molecule has 3 fully saturated rings. The Morgan fingerprint density at radius 1 is 1.07 bits per heavy atom. The van der Waals surface area contributed by atoms with Crippen molar-refractivity contribution >= 4 is 6.16 Å². The van der Waals surface area contributed by atoms with E-state index in [9.17, 15) is 15.0 Å². The fourth-order valence-corrected chi connectivity index (χ4v) is 2.87. The Morgan fingerprint density at radius 2 is 1.47 bits per heavy atom. The van der Waals surface area contributed by atoms with Crippen LogP contribution in [0.4, 0.5) is 4.79 Å². The van der Waals surface area contributed by atoms with Crippen molar-refractivity contribution in [3.63, 3.8) is 0 Å². The number of ether oxygens (including phenoxy) is 3. The van der Waals surface area contributed by atoms with Crippen LogP contribution in [-0.4, -0.2) is 52.0 Å². The first-order chi connectivity index (χ1) is 6.89. The molecule has 15 heavy (non-hydrogen) atoms. The van der Waals surface area contributed by atoms with Crippen molar-refractivity contribution in [2.45, 2.75) is 49.5 Å². The molecule has 0 amide bonds. The molecule has 0 saturated carbocycles. The smallest absolute Gasteiger partial charge is 0.424 e. The van der Waals surface area contributed by atoms with Crippen molar-refractivity contribution in [1.82, 2.24) is 0 Å². The summed E-state index contributed by atoms with van der Waals surface area (Å²) in [5.74, 6) is 0. The first-order valence-corrected chi connectivity index (χ1v) is 4.83. The normalized spacial score (nSPS) is 61.5. The molecule has 0 spiro atoms. The van der Waals surface area contributed by atoms with Gasteiger partial charge in [0, 0.05) is 0 Å². The van der Waals surface area contributed by atoms with Gasteiger partial charge in [0.2, 0.25) is 0 Å². The standard InChI is InChI=1S/C9H12O6/c1-8-3(10)4(11)9(2,15-8)6-5(8)13-7(12)14-6/h3-6,10-11H,1-2H3/t3-,4+,5?,6?,8-,9+. The average molecular weight is 216 g/mol. The van der Waals surface area contributed by atoms with Gasteiger partial charge in [0.1, 0.15) is 23.4 Å². The van der Waals surface area contributed by atoms with Crippen molar-refractivity contribution in [3.8, 4) is 0 Å². The first kappa shape index (κ1) is 9.38. The molecular formula is C9H12O6. The highest BCUT2D eigenvalue weighted by Gasteiger charge is 2.77. The van der Waals surface area contributed by atoms with Gasteiger partial charge in [0.15, 0.2) is 12.2 Å². The van der Waals surface area contributed by atoms with E-state index in [0.717, 1.165) is 0 Å². The monoisotopic (exact) mass is 216 g/mol. The summed E-state index contributed by atoms with van der Waals surface area (Å²) in [7, 11) is 0. The van der Waals surface area contributed by atoms with Crippen LogP contribution in [0.25, 0.3) is 0 Å². The summed E-state index contributed by atoms with van der Waals surface area (Å²) in [6.45, 7) is 3.22. The Labute approximate surface area is 85.7 Å². The van der Waals surface area contributed by atoms with E-state index in [1.165, 1.54) is 0 Å². The topological polar surface area (TPSA) is 85.2 Å². The number of fused-ring (bicyclic) bond motifs is 5. The molecular weight excluding hydrogens is 204 g/mol. The van der Waals surface area contributed by atoms with E-state index in [0.29, 0.717) is 0 Å². The highest BCUT2D eigenvalue weighted by atomic mass is 16.8. The molecule has 3 aliphatic heterocycles. The molecule has 3 rings (SSSR count). The van der Waals surface area contributed by atoms with E-state index in [4.69, 9.17) is 14.2 Å². The SMILES string of the molecule is C[C@]12O[C@](C)(C3OC(=O)OC31)[C@@H](O)[C@H]2O. The van der Waals surface area contributed by atoms with Gasteiger partial charge < -0.3 is 24.4 Å². The minimum Gasteiger partial charge on any atom is -0.424 e. The molecule has 2 N–H and O–H groups in total. The summed E-state index contributed by atoms with van der Waals surface area (Å²) in [4.78, 5) is 11.0. The summed E-state index contributed by atoms with van der Waals surface area (Å²) in [5, 5.41) is 19.6. The summed E-state index contributed by atoms with van der Waals surface area (Å²) in [6.07, 6.45) is -4.20. The molecule has 84 valence electrons. The Morgan fingerprint density at radius 3 is 1.87 bits per heavy atom. The van der Waals surface area contributed by atoms with Gasteiger partial charge in [-0.2, -0.15) is 0 Å². The maximum absolute atomic E-state index is 11.0. The van der Waals surface area contributed by atoms with Gasteiger partial charge >= 0.3 is 6.16 Å². The van der Waals surface area contributed by atoms with Crippen LogP contribution in [0.5, 0.6) is 0 Å². The van der Waals surface area contributed by atoms with Crippen molar-refractivity contribution in [3.05, 3.63) is 0 Å². The van der Waals surface area contributed by atoms with Gasteiger partial charge in [-0.3, -0.25) is 0 Å². The third-order valence-electron chi connectivity index (χ3n) is 3.76. The van der Waals surface area contributed by atoms with Crippen LogP contribution in [0.1, 0.15) is 13.8 Å². The molecule has 2 bridgehead atoms. The molecule has 0 radical (unpaired) electrons. The lowest BCUT2D eigenvalue weighted by atomic mass is 9.75. The molecule has 0 aromatic rings. The largest absolute Gasteiger partial charge is 0.509 e. The van der Waals surface area contributed by atoms with Crippen molar-refractivity contribution in [1.29, 1.82) is 0 Å².